The van der Waals surface area contributed by atoms with Gasteiger partial charge in [-0.25, -0.2) is 14.8 Å². The van der Waals surface area contributed by atoms with Crippen LogP contribution >= 0.6 is 0 Å². The molecule has 6 nitrogen and oxygen atoms in total. The molecule has 1 atom stereocenters. The largest absolute Gasteiger partial charge is 0.394 e. The summed E-state index contributed by atoms with van der Waals surface area (Å²) in [6.07, 6.45) is 1.65. The highest BCUT2D eigenvalue weighted by atomic mass is 16.3. The smallest absolute Gasteiger partial charge is 0.315 e. The number of aliphatic hydroxyl groups is 1. The van der Waals surface area contributed by atoms with Gasteiger partial charge in [0.25, 0.3) is 0 Å². The van der Waals surface area contributed by atoms with E-state index in [9.17, 15) is 9.90 Å². The molecular formula is C15H18N4O2. The Balaban J connectivity index is 1.89. The van der Waals surface area contributed by atoms with E-state index in [2.05, 4.69) is 20.6 Å². The Labute approximate surface area is 123 Å². The molecule has 6 heteroatoms. The number of rotatable bonds is 5. The van der Waals surface area contributed by atoms with E-state index in [0.29, 0.717) is 12.4 Å². The maximum absolute atomic E-state index is 11.9. The molecule has 2 rings (SSSR count). The fourth-order valence-corrected chi connectivity index (χ4v) is 1.90. The Kier molecular flexibility index (Phi) is 5.22. The van der Waals surface area contributed by atoms with Crippen LogP contribution in [0.5, 0.6) is 0 Å². The van der Waals surface area contributed by atoms with E-state index < -0.39 is 6.04 Å². The number of urea groups is 1. The van der Waals surface area contributed by atoms with Crippen molar-refractivity contribution in [1.82, 2.24) is 20.6 Å². The van der Waals surface area contributed by atoms with Gasteiger partial charge in [0, 0.05) is 6.20 Å². The molecule has 21 heavy (non-hydrogen) atoms. The summed E-state index contributed by atoms with van der Waals surface area (Å²) in [5.41, 5.74) is 1.59. The van der Waals surface area contributed by atoms with Gasteiger partial charge < -0.3 is 15.7 Å². The van der Waals surface area contributed by atoms with Crippen molar-refractivity contribution in [1.29, 1.82) is 0 Å². The zero-order valence-electron chi connectivity index (χ0n) is 11.8. The van der Waals surface area contributed by atoms with Crippen LogP contribution in [0.15, 0.2) is 42.6 Å². The molecule has 110 valence electrons. The van der Waals surface area contributed by atoms with E-state index in [-0.39, 0.29) is 12.6 Å². The third-order valence-electron chi connectivity index (χ3n) is 2.95. The second-order valence-corrected chi connectivity index (χ2v) is 4.57. The highest BCUT2D eigenvalue weighted by Gasteiger charge is 2.12. The van der Waals surface area contributed by atoms with E-state index >= 15 is 0 Å². The number of aromatic nitrogens is 2. The molecule has 0 spiro atoms. The molecule has 0 aliphatic carbocycles. The Morgan fingerprint density at radius 2 is 2.05 bits per heavy atom. The number of aryl methyl sites for hydroxylation is 1. The minimum Gasteiger partial charge on any atom is -0.394 e. The lowest BCUT2D eigenvalue weighted by atomic mass is 10.1. The van der Waals surface area contributed by atoms with Gasteiger partial charge in [-0.05, 0) is 18.6 Å². The number of aliphatic hydroxyl groups excluding tert-OH is 1. The zero-order chi connectivity index (χ0) is 15.1. The number of hydrogen-bond acceptors (Lipinski definition) is 4. The number of nitrogens with one attached hydrogen (secondary N) is 2. The van der Waals surface area contributed by atoms with Crippen LogP contribution in [-0.2, 0) is 6.54 Å². The third kappa shape index (κ3) is 4.54. The lowest BCUT2D eigenvalue weighted by Gasteiger charge is -2.17. The standard InChI is InChI=1S/C15H18N4O2/c1-11-16-8-7-13(18-11)9-17-15(21)19-14(10-20)12-5-3-2-4-6-12/h2-8,14,20H,9-10H2,1H3,(H2,17,19,21). The third-order valence-corrected chi connectivity index (χ3v) is 2.95. The maximum Gasteiger partial charge on any atom is 0.315 e. The first-order valence-corrected chi connectivity index (χ1v) is 6.67. The molecule has 0 radical (unpaired) electrons. The van der Waals surface area contributed by atoms with E-state index in [4.69, 9.17) is 0 Å². The van der Waals surface area contributed by atoms with Gasteiger partial charge >= 0.3 is 6.03 Å². The molecule has 0 bridgehead atoms. The van der Waals surface area contributed by atoms with Crippen LogP contribution in [0, 0.1) is 6.92 Å². The minimum absolute atomic E-state index is 0.163. The van der Waals surface area contributed by atoms with Crippen LogP contribution in [0.25, 0.3) is 0 Å². The average Bonchev–Trinajstić information content (AvgIpc) is 2.51. The summed E-state index contributed by atoms with van der Waals surface area (Å²) in [5.74, 6) is 0.659. The van der Waals surface area contributed by atoms with Gasteiger partial charge in [-0.15, -0.1) is 0 Å². The molecule has 1 aromatic carbocycles. The zero-order valence-corrected chi connectivity index (χ0v) is 11.8. The summed E-state index contributed by atoms with van der Waals surface area (Å²) in [7, 11) is 0. The first-order chi connectivity index (χ1) is 10.2. The number of hydrogen-bond donors (Lipinski definition) is 3. The predicted octanol–water partition coefficient (Wildman–Crippen LogP) is 1.32. The predicted molar refractivity (Wildman–Crippen MR) is 78.4 cm³/mol. The summed E-state index contributed by atoms with van der Waals surface area (Å²) in [4.78, 5) is 20.1. The van der Waals surface area contributed by atoms with Crippen LogP contribution in [0.2, 0.25) is 0 Å². The molecule has 1 heterocycles. The molecule has 1 unspecified atom stereocenters. The highest BCUT2D eigenvalue weighted by molar-refractivity contribution is 5.74. The molecule has 1 aromatic heterocycles. The second-order valence-electron chi connectivity index (χ2n) is 4.57. The monoisotopic (exact) mass is 286 g/mol. The fourth-order valence-electron chi connectivity index (χ4n) is 1.90. The lowest BCUT2D eigenvalue weighted by Crippen LogP contribution is -2.39. The first kappa shape index (κ1) is 14.9. The summed E-state index contributed by atoms with van der Waals surface area (Å²) in [6.45, 7) is 1.94. The van der Waals surface area contributed by atoms with Crippen molar-refractivity contribution in [3.05, 3.63) is 59.7 Å². The number of amides is 2. The number of benzene rings is 1. The second kappa shape index (κ2) is 7.35. The van der Waals surface area contributed by atoms with Crippen LogP contribution in [0.1, 0.15) is 23.1 Å². The number of carbonyl (C=O) groups is 1. The van der Waals surface area contributed by atoms with Gasteiger partial charge in [0.2, 0.25) is 0 Å². The quantitative estimate of drug-likeness (QED) is 0.773. The molecule has 2 aromatic rings. The van der Waals surface area contributed by atoms with Gasteiger partial charge in [0.1, 0.15) is 5.82 Å². The van der Waals surface area contributed by atoms with Crippen molar-refractivity contribution in [3.8, 4) is 0 Å². The lowest BCUT2D eigenvalue weighted by molar-refractivity contribution is 0.216. The van der Waals surface area contributed by atoms with E-state index in [1.807, 2.05) is 30.3 Å². The minimum atomic E-state index is -0.432. The summed E-state index contributed by atoms with van der Waals surface area (Å²) in [5, 5.41) is 14.8. The Morgan fingerprint density at radius 3 is 2.71 bits per heavy atom. The van der Waals surface area contributed by atoms with Crippen molar-refractivity contribution < 1.29 is 9.90 Å². The first-order valence-electron chi connectivity index (χ1n) is 6.67. The fraction of sp³-hybridized carbons (Fsp3) is 0.267. The Hall–Kier alpha value is -2.47. The van der Waals surface area contributed by atoms with Gasteiger partial charge in [-0.3, -0.25) is 0 Å². The van der Waals surface area contributed by atoms with E-state index in [1.165, 1.54) is 0 Å². The normalized spacial score (nSPS) is 11.7. The van der Waals surface area contributed by atoms with Crippen molar-refractivity contribution in [2.75, 3.05) is 6.61 Å². The van der Waals surface area contributed by atoms with Crippen molar-refractivity contribution >= 4 is 6.03 Å². The summed E-state index contributed by atoms with van der Waals surface area (Å²) in [6, 6.07) is 10.3. The van der Waals surface area contributed by atoms with E-state index in [1.54, 1.807) is 19.2 Å². The van der Waals surface area contributed by atoms with Crippen LogP contribution in [0.3, 0.4) is 0 Å². The molecule has 2 amide bonds. The van der Waals surface area contributed by atoms with Crippen LogP contribution in [-0.4, -0.2) is 27.7 Å². The molecule has 0 aliphatic rings. The summed E-state index contributed by atoms with van der Waals surface area (Å²) < 4.78 is 0. The molecule has 3 N–H and O–H groups in total. The van der Waals surface area contributed by atoms with Gasteiger partial charge in [0.15, 0.2) is 0 Å². The topological polar surface area (TPSA) is 87.1 Å². The highest BCUT2D eigenvalue weighted by Crippen LogP contribution is 2.11. The van der Waals surface area contributed by atoms with Gasteiger partial charge in [0.05, 0.1) is 24.9 Å². The van der Waals surface area contributed by atoms with Crippen LogP contribution < -0.4 is 10.6 Å². The Morgan fingerprint density at radius 1 is 1.29 bits per heavy atom. The summed E-state index contributed by atoms with van der Waals surface area (Å²) >= 11 is 0. The van der Waals surface area contributed by atoms with Crippen LogP contribution in [0.4, 0.5) is 4.79 Å². The SMILES string of the molecule is Cc1nccc(CNC(=O)NC(CO)c2ccccc2)n1. The number of nitrogens with zero attached hydrogens (tertiary/aromatic N) is 2. The van der Waals surface area contributed by atoms with Crippen molar-refractivity contribution in [2.24, 2.45) is 0 Å². The molecular weight excluding hydrogens is 268 g/mol. The molecule has 0 aliphatic heterocycles. The Bertz CT molecular complexity index is 589. The number of carbonyl (C=O) groups excluding carboxylic acids is 1. The van der Waals surface area contributed by atoms with Gasteiger partial charge in [-0.2, -0.15) is 0 Å². The average molecular weight is 286 g/mol. The molecule has 0 saturated carbocycles. The van der Waals surface area contributed by atoms with E-state index in [0.717, 1.165) is 11.3 Å². The van der Waals surface area contributed by atoms with Crippen molar-refractivity contribution in [2.45, 2.75) is 19.5 Å². The molecule has 0 fully saturated rings. The van der Waals surface area contributed by atoms with Gasteiger partial charge in [-0.1, -0.05) is 30.3 Å². The maximum atomic E-state index is 11.9. The molecule has 0 saturated heterocycles. The van der Waals surface area contributed by atoms with Crippen molar-refractivity contribution in [3.63, 3.8) is 0 Å².